The average molecular weight is 144 g/mol. The molecule has 0 aromatic carbocycles. The molecule has 0 spiro atoms. The number of hydrogen-bond acceptors (Lipinski definition) is 1. The van der Waals surface area contributed by atoms with Crippen LogP contribution in [0.3, 0.4) is 0 Å². The summed E-state index contributed by atoms with van der Waals surface area (Å²) in [7, 11) is 0. The van der Waals surface area contributed by atoms with Crippen LogP contribution in [0.25, 0.3) is 0 Å². The van der Waals surface area contributed by atoms with Gasteiger partial charge in [0.2, 0.25) is 0 Å². The van der Waals surface area contributed by atoms with E-state index in [1.165, 1.54) is 0 Å². The van der Waals surface area contributed by atoms with Crippen LogP contribution in [0.4, 0.5) is 0 Å². The highest BCUT2D eigenvalue weighted by atomic mass is 32.1. The summed E-state index contributed by atoms with van der Waals surface area (Å²) in [6.07, 6.45) is 6.55. The normalized spacial score (nSPS) is 12.9. The predicted octanol–water partition coefficient (Wildman–Crippen LogP) is 3.05. The lowest BCUT2D eigenvalue weighted by Crippen LogP contribution is -2.07. The summed E-state index contributed by atoms with van der Waals surface area (Å²) in [4.78, 5) is 0. The minimum atomic E-state index is 0.158. The van der Waals surface area contributed by atoms with E-state index in [0.717, 1.165) is 12.8 Å². The van der Waals surface area contributed by atoms with Crippen LogP contribution in [-0.4, -0.2) is 4.75 Å². The Kier molecular flexibility index (Phi) is 4.03. The van der Waals surface area contributed by atoms with E-state index in [4.69, 9.17) is 0 Å². The van der Waals surface area contributed by atoms with E-state index >= 15 is 0 Å². The van der Waals surface area contributed by atoms with E-state index < -0.39 is 0 Å². The summed E-state index contributed by atoms with van der Waals surface area (Å²) < 4.78 is 0.158. The zero-order valence-electron chi connectivity index (χ0n) is 6.52. The van der Waals surface area contributed by atoms with Gasteiger partial charge in [0, 0.05) is 4.75 Å². The monoisotopic (exact) mass is 144 g/mol. The number of allylic oxidation sites excluding steroid dienone is 2. The molecular formula is C8H16S. The number of rotatable bonds is 3. The minimum absolute atomic E-state index is 0.158. The lowest BCUT2D eigenvalue weighted by Gasteiger charge is -2.12. The summed E-state index contributed by atoms with van der Waals surface area (Å²) in [5.74, 6) is 0. The van der Waals surface area contributed by atoms with Gasteiger partial charge in [0.25, 0.3) is 0 Å². The van der Waals surface area contributed by atoms with Crippen molar-refractivity contribution in [1.82, 2.24) is 0 Å². The maximum atomic E-state index is 4.38. The molecule has 0 N–H and O–H groups in total. The molecule has 0 saturated carbocycles. The topological polar surface area (TPSA) is 0 Å². The second-order valence-corrected chi connectivity index (χ2v) is 4.11. The van der Waals surface area contributed by atoms with E-state index in [1.54, 1.807) is 0 Å². The number of thiol groups is 1. The fourth-order valence-corrected chi connectivity index (χ4v) is 0.644. The van der Waals surface area contributed by atoms with Crippen molar-refractivity contribution >= 4 is 12.6 Å². The second-order valence-electron chi connectivity index (χ2n) is 2.90. The maximum absolute atomic E-state index is 4.38. The van der Waals surface area contributed by atoms with Gasteiger partial charge in [-0.2, -0.15) is 12.6 Å². The van der Waals surface area contributed by atoms with Gasteiger partial charge in [-0.05, 0) is 12.8 Å². The Morgan fingerprint density at radius 2 is 1.89 bits per heavy atom. The molecule has 0 saturated heterocycles. The molecule has 0 aliphatic carbocycles. The van der Waals surface area contributed by atoms with Crippen molar-refractivity contribution in [2.75, 3.05) is 0 Å². The third kappa shape index (κ3) is 8.09. The zero-order chi connectivity index (χ0) is 7.33. The van der Waals surface area contributed by atoms with Gasteiger partial charge in [-0.3, -0.25) is 0 Å². The van der Waals surface area contributed by atoms with Crippen LogP contribution in [0.2, 0.25) is 0 Å². The molecule has 54 valence electrons. The first kappa shape index (κ1) is 9.09. The SMILES string of the molecule is CCC=CCC(C)(C)S. The summed E-state index contributed by atoms with van der Waals surface area (Å²) in [5, 5.41) is 0. The summed E-state index contributed by atoms with van der Waals surface area (Å²) in [6.45, 7) is 6.38. The third-order valence-electron chi connectivity index (χ3n) is 1.02. The van der Waals surface area contributed by atoms with E-state index in [9.17, 15) is 0 Å². The molecule has 0 nitrogen and oxygen atoms in total. The summed E-state index contributed by atoms with van der Waals surface area (Å²) >= 11 is 4.38. The van der Waals surface area contributed by atoms with Crippen molar-refractivity contribution in [3.05, 3.63) is 12.2 Å². The molecule has 0 rings (SSSR count). The average Bonchev–Trinajstić information content (AvgIpc) is 1.63. The quantitative estimate of drug-likeness (QED) is 0.457. The molecule has 0 aromatic heterocycles. The first-order valence-electron chi connectivity index (χ1n) is 3.43. The zero-order valence-corrected chi connectivity index (χ0v) is 7.41. The fourth-order valence-electron chi connectivity index (χ4n) is 0.538. The van der Waals surface area contributed by atoms with Crippen molar-refractivity contribution < 1.29 is 0 Å². The molecule has 0 amide bonds. The minimum Gasteiger partial charge on any atom is -0.173 e. The van der Waals surface area contributed by atoms with Crippen LogP contribution in [0, 0.1) is 0 Å². The summed E-state index contributed by atoms with van der Waals surface area (Å²) in [6, 6.07) is 0. The Labute approximate surface area is 63.8 Å². The van der Waals surface area contributed by atoms with Crippen LogP contribution in [0.1, 0.15) is 33.6 Å². The van der Waals surface area contributed by atoms with Gasteiger partial charge in [0.1, 0.15) is 0 Å². The van der Waals surface area contributed by atoms with Crippen molar-refractivity contribution in [3.8, 4) is 0 Å². The van der Waals surface area contributed by atoms with Crippen molar-refractivity contribution in [2.24, 2.45) is 0 Å². The Morgan fingerprint density at radius 3 is 2.22 bits per heavy atom. The largest absolute Gasteiger partial charge is 0.173 e. The van der Waals surface area contributed by atoms with Gasteiger partial charge in [-0.15, -0.1) is 0 Å². The van der Waals surface area contributed by atoms with Crippen LogP contribution in [0.15, 0.2) is 12.2 Å². The standard InChI is InChI=1S/C8H16S/c1-4-5-6-7-8(2,3)9/h5-6,9H,4,7H2,1-3H3. The van der Waals surface area contributed by atoms with Crippen LogP contribution in [-0.2, 0) is 0 Å². The Bertz CT molecular complexity index is 87.2. The molecule has 1 heteroatoms. The molecule has 0 fully saturated rings. The molecule has 0 aliphatic rings. The first-order chi connectivity index (χ1) is 4.06. The molecule has 0 aromatic rings. The van der Waals surface area contributed by atoms with E-state index in [1.807, 2.05) is 0 Å². The van der Waals surface area contributed by atoms with Gasteiger partial charge in [0.05, 0.1) is 0 Å². The van der Waals surface area contributed by atoms with Crippen LogP contribution >= 0.6 is 12.6 Å². The molecule has 0 unspecified atom stereocenters. The lowest BCUT2D eigenvalue weighted by molar-refractivity contribution is 0.732. The Hall–Kier alpha value is 0.0900. The smallest absolute Gasteiger partial charge is 0.0108 e. The first-order valence-corrected chi connectivity index (χ1v) is 3.88. The van der Waals surface area contributed by atoms with Crippen molar-refractivity contribution in [3.63, 3.8) is 0 Å². The van der Waals surface area contributed by atoms with E-state index in [0.29, 0.717) is 0 Å². The fraction of sp³-hybridized carbons (Fsp3) is 0.750. The number of hydrogen-bond donors (Lipinski definition) is 1. The van der Waals surface area contributed by atoms with Gasteiger partial charge >= 0.3 is 0 Å². The molecule has 0 bridgehead atoms. The van der Waals surface area contributed by atoms with Gasteiger partial charge in [0.15, 0.2) is 0 Å². The second kappa shape index (κ2) is 3.99. The third-order valence-corrected chi connectivity index (χ3v) is 1.20. The highest BCUT2D eigenvalue weighted by Crippen LogP contribution is 2.16. The summed E-state index contributed by atoms with van der Waals surface area (Å²) in [5.41, 5.74) is 0. The predicted molar refractivity (Wildman–Crippen MR) is 47.1 cm³/mol. The lowest BCUT2D eigenvalue weighted by atomic mass is 10.1. The van der Waals surface area contributed by atoms with Crippen LogP contribution < -0.4 is 0 Å². The highest BCUT2D eigenvalue weighted by Gasteiger charge is 2.06. The van der Waals surface area contributed by atoms with Gasteiger partial charge in [-0.25, -0.2) is 0 Å². The molecule has 0 atom stereocenters. The van der Waals surface area contributed by atoms with Gasteiger partial charge < -0.3 is 0 Å². The maximum Gasteiger partial charge on any atom is 0.0108 e. The Morgan fingerprint density at radius 1 is 1.33 bits per heavy atom. The molecule has 0 aliphatic heterocycles. The molecule has 9 heavy (non-hydrogen) atoms. The van der Waals surface area contributed by atoms with Gasteiger partial charge in [-0.1, -0.05) is 32.9 Å². The molecular weight excluding hydrogens is 128 g/mol. The van der Waals surface area contributed by atoms with Crippen LogP contribution in [0.5, 0.6) is 0 Å². The van der Waals surface area contributed by atoms with E-state index in [-0.39, 0.29) is 4.75 Å². The molecule has 0 heterocycles. The van der Waals surface area contributed by atoms with Crippen molar-refractivity contribution in [1.29, 1.82) is 0 Å². The van der Waals surface area contributed by atoms with E-state index in [2.05, 4.69) is 45.6 Å². The molecule has 0 radical (unpaired) electrons. The Balaban J connectivity index is 3.38. The highest BCUT2D eigenvalue weighted by molar-refractivity contribution is 7.81. The van der Waals surface area contributed by atoms with Crippen molar-refractivity contribution in [2.45, 2.75) is 38.4 Å².